The molecule has 4 heteroatoms. The monoisotopic (exact) mass is 310 g/mol. The molecule has 0 fully saturated rings. The van der Waals surface area contributed by atoms with Crippen LogP contribution in [0.1, 0.15) is 23.6 Å². The molecule has 0 heterocycles. The first-order chi connectivity index (χ1) is 11.1. The number of carbonyl (C=O) groups excluding carboxylic acids is 2. The summed E-state index contributed by atoms with van der Waals surface area (Å²) in [7, 11) is 0. The van der Waals surface area contributed by atoms with Crippen molar-refractivity contribution in [3.63, 3.8) is 0 Å². The van der Waals surface area contributed by atoms with Gasteiger partial charge in [0, 0.05) is 20.0 Å². The van der Waals surface area contributed by atoms with Gasteiger partial charge in [0.05, 0.1) is 6.42 Å². The highest BCUT2D eigenvalue weighted by atomic mass is 16.2. The van der Waals surface area contributed by atoms with Gasteiger partial charge in [-0.3, -0.25) is 9.59 Å². The second-order valence-corrected chi connectivity index (χ2v) is 5.49. The molecule has 23 heavy (non-hydrogen) atoms. The second-order valence-electron chi connectivity index (χ2n) is 5.49. The standard InChI is InChI=1S/C19H22N2O2/c1-15(22)21-14-18-9-5-8-17(12-18)13-19(23)20-11-10-16-6-3-2-4-7-16/h2-9,12H,10-11,13-14H2,1H3,(H,20,23)(H,21,22). The minimum atomic E-state index is -0.0611. The first kappa shape index (κ1) is 16.7. The van der Waals surface area contributed by atoms with Gasteiger partial charge in [-0.1, -0.05) is 54.6 Å². The van der Waals surface area contributed by atoms with Crippen molar-refractivity contribution < 1.29 is 9.59 Å². The normalized spacial score (nSPS) is 10.1. The fourth-order valence-corrected chi connectivity index (χ4v) is 2.31. The molecule has 4 nitrogen and oxygen atoms in total. The van der Waals surface area contributed by atoms with Crippen molar-refractivity contribution >= 4 is 11.8 Å². The van der Waals surface area contributed by atoms with Crippen LogP contribution in [0.3, 0.4) is 0 Å². The minimum Gasteiger partial charge on any atom is -0.355 e. The highest BCUT2D eigenvalue weighted by Gasteiger charge is 2.04. The predicted molar refractivity (Wildman–Crippen MR) is 90.8 cm³/mol. The van der Waals surface area contributed by atoms with Gasteiger partial charge >= 0.3 is 0 Å². The van der Waals surface area contributed by atoms with E-state index < -0.39 is 0 Å². The molecule has 0 unspecified atom stereocenters. The van der Waals surface area contributed by atoms with E-state index in [1.165, 1.54) is 12.5 Å². The first-order valence-electron chi connectivity index (χ1n) is 7.76. The summed E-state index contributed by atoms with van der Waals surface area (Å²) in [6.07, 6.45) is 1.18. The van der Waals surface area contributed by atoms with Crippen molar-refractivity contribution in [3.8, 4) is 0 Å². The van der Waals surface area contributed by atoms with Gasteiger partial charge in [-0.15, -0.1) is 0 Å². The molecule has 0 saturated carbocycles. The highest BCUT2D eigenvalue weighted by molar-refractivity contribution is 5.78. The quantitative estimate of drug-likeness (QED) is 0.824. The van der Waals surface area contributed by atoms with Crippen molar-refractivity contribution in [1.82, 2.24) is 10.6 Å². The van der Waals surface area contributed by atoms with Crippen LogP contribution in [0.4, 0.5) is 0 Å². The lowest BCUT2D eigenvalue weighted by atomic mass is 10.1. The van der Waals surface area contributed by atoms with Crippen LogP contribution in [0.25, 0.3) is 0 Å². The van der Waals surface area contributed by atoms with Gasteiger partial charge < -0.3 is 10.6 Å². The number of amides is 2. The average Bonchev–Trinajstić information content (AvgIpc) is 2.54. The zero-order valence-corrected chi connectivity index (χ0v) is 13.3. The zero-order chi connectivity index (χ0) is 16.5. The van der Waals surface area contributed by atoms with E-state index in [1.54, 1.807) is 0 Å². The van der Waals surface area contributed by atoms with Crippen LogP contribution in [0.15, 0.2) is 54.6 Å². The Morgan fingerprint density at radius 3 is 2.30 bits per heavy atom. The summed E-state index contributed by atoms with van der Waals surface area (Å²) in [6.45, 7) is 2.61. The largest absolute Gasteiger partial charge is 0.355 e. The van der Waals surface area contributed by atoms with E-state index in [-0.39, 0.29) is 11.8 Å². The molecular formula is C19H22N2O2. The molecule has 0 radical (unpaired) electrons. The van der Waals surface area contributed by atoms with Crippen LogP contribution in [-0.4, -0.2) is 18.4 Å². The number of rotatable bonds is 7. The molecule has 0 aliphatic rings. The molecule has 0 aromatic heterocycles. The number of hydrogen-bond donors (Lipinski definition) is 2. The van der Waals surface area contributed by atoms with E-state index in [2.05, 4.69) is 22.8 Å². The lowest BCUT2D eigenvalue weighted by Gasteiger charge is -2.07. The van der Waals surface area contributed by atoms with Crippen molar-refractivity contribution in [1.29, 1.82) is 0 Å². The number of nitrogens with one attached hydrogen (secondary N) is 2. The molecule has 0 spiro atoms. The third-order valence-electron chi connectivity index (χ3n) is 3.48. The molecule has 0 saturated heterocycles. The van der Waals surface area contributed by atoms with E-state index >= 15 is 0 Å². The van der Waals surface area contributed by atoms with Crippen molar-refractivity contribution in [2.45, 2.75) is 26.3 Å². The Balaban J connectivity index is 1.78. The third-order valence-corrected chi connectivity index (χ3v) is 3.48. The van der Waals surface area contributed by atoms with Crippen LogP contribution >= 0.6 is 0 Å². The SMILES string of the molecule is CC(=O)NCc1cccc(CC(=O)NCCc2ccccc2)c1. The molecule has 0 aliphatic heterocycles. The maximum atomic E-state index is 12.0. The van der Waals surface area contributed by atoms with Crippen molar-refractivity contribution in [2.75, 3.05) is 6.54 Å². The van der Waals surface area contributed by atoms with Gasteiger partial charge in [-0.05, 0) is 23.1 Å². The Bertz CT molecular complexity index is 653. The van der Waals surface area contributed by atoms with E-state index in [1.807, 2.05) is 42.5 Å². The molecule has 2 rings (SSSR count). The summed E-state index contributed by atoms with van der Waals surface area (Å²) < 4.78 is 0. The van der Waals surface area contributed by atoms with Crippen LogP contribution in [0, 0.1) is 0 Å². The van der Waals surface area contributed by atoms with E-state index in [9.17, 15) is 9.59 Å². The molecule has 2 aromatic rings. The maximum absolute atomic E-state index is 12.0. The topological polar surface area (TPSA) is 58.2 Å². The molecule has 0 atom stereocenters. The second kappa shape index (κ2) is 8.73. The summed E-state index contributed by atoms with van der Waals surface area (Å²) >= 11 is 0. The molecule has 0 bridgehead atoms. The van der Waals surface area contributed by atoms with Crippen molar-refractivity contribution in [2.24, 2.45) is 0 Å². The molecule has 2 aromatic carbocycles. The lowest BCUT2D eigenvalue weighted by Crippen LogP contribution is -2.27. The number of hydrogen-bond acceptors (Lipinski definition) is 2. The maximum Gasteiger partial charge on any atom is 0.224 e. The summed E-state index contributed by atoms with van der Waals surface area (Å²) in [5.74, 6) is -0.0494. The van der Waals surface area contributed by atoms with E-state index in [4.69, 9.17) is 0 Å². The number of carbonyl (C=O) groups is 2. The Morgan fingerprint density at radius 1 is 0.870 bits per heavy atom. The van der Waals surface area contributed by atoms with Gasteiger partial charge in [-0.2, -0.15) is 0 Å². The minimum absolute atomic E-state index is 0.0117. The Hall–Kier alpha value is -2.62. The van der Waals surface area contributed by atoms with Gasteiger partial charge in [0.15, 0.2) is 0 Å². The molecule has 2 amide bonds. The summed E-state index contributed by atoms with van der Waals surface area (Å²) in [5.41, 5.74) is 3.16. The fourth-order valence-electron chi connectivity index (χ4n) is 2.31. The highest BCUT2D eigenvalue weighted by Crippen LogP contribution is 2.06. The average molecular weight is 310 g/mol. The Labute approximate surface area is 136 Å². The first-order valence-corrected chi connectivity index (χ1v) is 7.76. The smallest absolute Gasteiger partial charge is 0.224 e. The Morgan fingerprint density at radius 2 is 1.57 bits per heavy atom. The summed E-state index contributed by atoms with van der Waals surface area (Å²) in [6, 6.07) is 17.8. The molecule has 120 valence electrons. The van der Waals surface area contributed by atoms with Crippen LogP contribution in [0.5, 0.6) is 0 Å². The van der Waals surface area contributed by atoms with Gasteiger partial charge in [-0.25, -0.2) is 0 Å². The van der Waals surface area contributed by atoms with Gasteiger partial charge in [0.2, 0.25) is 11.8 Å². The number of benzene rings is 2. The van der Waals surface area contributed by atoms with Crippen LogP contribution in [0.2, 0.25) is 0 Å². The van der Waals surface area contributed by atoms with Gasteiger partial charge in [0.25, 0.3) is 0 Å². The van der Waals surface area contributed by atoms with Crippen molar-refractivity contribution in [3.05, 3.63) is 71.3 Å². The molecule has 0 aliphatic carbocycles. The van der Waals surface area contributed by atoms with E-state index in [0.29, 0.717) is 19.5 Å². The molecule has 2 N–H and O–H groups in total. The molecular weight excluding hydrogens is 288 g/mol. The van der Waals surface area contributed by atoms with Gasteiger partial charge in [0.1, 0.15) is 0 Å². The lowest BCUT2D eigenvalue weighted by molar-refractivity contribution is -0.120. The summed E-state index contributed by atoms with van der Waals surface area (Å²) in [4.78, 5) is 22.9. The predicted octanol–water partition coefficient (Wildman–Crippen LogP) is 2.22. The Kier molecular flexibility index (Phi) is 6.36. The summed E-state index contributed by atoms with van der Waals surface area (Å²) in [5, 5.41) is 5.70. The van der Waals surface area contributed by atoms with Crippen LogP contribution < -0.4 is 10.6 Å². The van der Waals surface area contributed by atoms with E-state index in [0.717, 1.165) is 17.5 Å². The third kappa shape index (κ3) is 6.34. The zero-order valence-electron chi connectivity index (χ0n) is 13.3. The van der Waals surface area contributed by atoms with Crippen LogP contribution in [-0.2, 0) is 29.0 Å². The fraction of sp³-hybridized carbons (Fsp3) is 0.263.